The first-order valence-electron chi connectivity index (χ1n) is 3.66. The lowest BCUT2D eigenvalue weighted by Crippen LogP contribution is -1.75. The summed E-state index contributed by atoms with van der Waals surface area (Å²) < 4.78 is 5.07. The van der Waals surface area contributed by atoms with Crippen LogP contribution < -0.4 is 4.74 Å². The maximum absolute atomic E-state index is 5.07. The van der Waals surface area contributed by atoms with E-state index >= 15 is 0 Å². The second-order valence-corrected chi connectivity index (χ2v) is 3.38. The van der Waals surface area contributed by atoms with Crippen molar-refractivity contribution in [2.75, 3.05) is 7.11 Å². The van der Waals surface area contributed by atoms with Crippen molar-refractivity contribution in [3.05, 3.63) is 29.8 Å². The summed E-state index contributed by atoms with van der Waals surface area (Å²) in [6, 6.07) is 6.11. The number of H-pyrrole nitrogens is 1. The van der Waals surface area contributed by atoms with E-state index in [0.29, 0.717) is 0 Å². The molecular formula is C9H9NOS. The standard InChI is InChI=1S/C9H9NOS/c1-11-7-5-8(10-6-7)9-3-2-4-12-9/h2-6,10H,1H3. The van der Waals surface area contributed by atoms with Gasteiger partial charge in [-0.15, -0.1) is 11.3 Å². The second-order valence-electron chi connectivity index (χ2n) is 2.43. The van der Waals surface area contributed by atoms with Crippen molar-refractivity contribution in [1.29, 1.82) is 0 Å². The van der Waals surface area contributed by atoms with Crippen molar-refractivity contribution >= 4 is 11.3 Å². The zero-order chi connectivity index (χ0) is 8.39. The van der Waals surface area contributed by atoms with Gasteiger partial charge in [0.15, 0.2) is 0 Å². The third-order valence-corrected chi connectivity index (χ3v) is 2.58. The Morgan fingerprint density at radius 3 is 3.00 bits per heavy atom. The van der Waals surface area contributed by atoms with Crippen molar-refractivity contribution in [1.82, 2.24) is 4.98 Å². The molecule has 0 aliphatic carbocycles. The fourth-order valence-corrected chi connectivity index (χ4v) is 1.77. The topological polar surface area (TPSA) is 25.0 Å². The molecule has 12 heavy (non-hydrogen) atoms. The van der Waals surface area contributed by atoms with Crippen molar-refractivity contribution in [2.24, 2.45) is 0 Å². The Balaban J connectivity index is 2.35. The Morgan fingerprint density at radius 1 is 1.50 bits per heavy atom. The fourth-order valence-electron chi connectivity index (χ4n) is 1.07. The van der Waals surface area contributed by atoms with E-state index in [-0.39, 0.29) is 0 Å². The van der Waals surface area contributed by atoms with Gasteiger partial charge in [-0.2, -0.15) is 0 Å². The molecule has 0 saturated carbocycles. The summed E-state index contributed by atoms with van der Waals surface area (Å²) >= 11 is 1.71. The molecule has 1 N–H and O–H groups in total. The molecule has 0 radical (unpaired) electrons. The summed E-state index contributed by atoms with van der Waals surface area (Å²) in [6.45, 7) is 0. The number of hydrogen-bond donors (Lipinski definition) is 1. The van der Waals surface area contributed by atoms with Crippen molar-refractivity contribution in [2.45, 2.75) is 0 Å². The largest absolute Gasteiger partial charge is 0.495 e. The van der Waals surface area contributed by atoms with E-state index < -0.39 is 0 Å². The maximum atomic E-state index is 5.07. The third kappa shape index (κ3) is 1.23. The van der Waals surface area contributed by atoms with Crippen molar-refractivity contribution in [3.63, 3.8) is 0 Å². The minimum Gasteiger partial charge on any atom is -0.495 e. The number of aromatic nitrogens is 1. The minimum absolute atomic E-state index is 0.874. The Hall–Kier alpha value is -1.22. The number of aromatic amines is 1. The Bertz CT molecular complexity index is 350. The van der Waals surface area contributed by atoms with Gasteiger partial charge < -0.3 is 9.72 Å². The van der Waals surface area contributed by atoms with Crippen LogP contribution in [0.2, 0.25) is 0 Å². The number of thiophene rings is 1. The maximum Gasteiger partial charge on any atom is 0.136 e. The minimum atomic E-state index is 0.874. The van der Waals surface area contributed by atoms with Gasteiger partial charge in [0, 0.05) is 12.3 Å². The van der Waals surface area contributed by atoms with Gasteiger partial charge in [-0.05, 0) is 11.4 Å². The van der Waals surface area contributed by atoms with Gasteiger partial charge in [0.1, 0.15) is 5.75 Å². The highest BCUT2D eigenvalue weighted by Crippen LogP contribution is 2.26. The van der Waals surface area contributed by atoms with Crippen LogP contribution in [0.4, 0.5) is 0 Å². The van der Waals surface area contributed by atoms with Gasteiger partial charge in [-0.3, -0.25) is 0 Å². The molecule has 0 atom stereocenters. The quantitative estimate of drug-likeness (QED) is 0.753. The highest BCUT2D eigenvalue weighted by molar-refractivity contribution is 7.13. The lowest BCUT2D eigenvalue weighted by molar-refractivity contribution is 0.415. The lowest BCUT2D eigenvalue weighted by Gasteiger charge is -1.89. The monoisotopic (exact) mass is 179 g/mol. The highest BCUT2D eigenvalue weighted by Gasteiger charge is 2.01. The van der Waals surface area contributed by atoms with Crippen LogP contribution >= 0.6 is 11.3 Å². The summed E-state index contributed by atoms with van der Waals surface area (Å²) in [6.07, 6.45) is 1.86. The number of ether oxygens (including phenoxy) is 1. The fraction of sp³-hybridized carbons (Fsp3) is 0.111. The molecule has 2 aromatic rings. The van der Waals surface area contributed by atoms with E-state index in [1.54, 1.807) is 18.4 Å². The Labute approximate surface area is 74.8 Å². The average molecular weight is 179 g/mol. The number of rotatable bonds is 2. The second kappa shape index (κ2) is 3.03. The summed E-state index contributed by atoms with van der Waals surface area (Å²) in [5.74, 6) is 0.874. The molecule has 2 rings (SSSR count). The Morgan fingerprint density at radius 2 is 2.42 bits per heavy atom. The normalized spacial score (nSPS) is 10.1. The van der Waals surface area contributed by atoms with Gasteiger partial charge in [0.05, 0.1) is 17.7 Å². The molecule has 0 aliphatic rings. The van der Waals surface area contributed by atoms with Gasteiger partial charge in [0.25, 0.3) is 0 Å². The molecule has 0 aliphatic heterocycles. The molecule has 0 spiro atoms. The molecule has 62 valence electrons. The van der Waals surface area contributed by atoms with Crippen LogP contribution in [-0.2, 0) is 0 Å². The molecular weight excluding hydrogens is 170 g/mol. The molecule has 0 unspecified atom stereocenters. The van der Waals surface area contributed by atoms with Crippen molar-refractivity contribution < 1.29 is 4.74 Å². The van der Waals surface area contributed by atoms with Crippen LogP contribution in [0.3, 0.4) is 0 Å². The van der Waals surface area contributed by atoms with E-state index in [1.807, 2.05) is 18.3 Å². The van der Waals surface area contributed by atoms with Gasteiger partial charge in [-0.25, -0.2) is 0 Å². The van der Waals surface area contributed by atoms with Crippen LogP contribution in [-0.4, -0.2) is 12.1 Å². The molecule has 2 heterocycles. The average Bonchev–Trinajstić information content (AvgIpc) is 2.75. The van der Waals surface area contributed by atoms with Crippen molar-refractivity contribution in [3.8, 4) is 16.3 Å². The van der Waals surface area contributed by atoms with E-state index in [9.17, 15) is 0 Å². The molecule has 0 amide bonds. The smallest absolute Gasteiger partial charge is 0.136 e. The van der Waals surface area contributed by atoms with Crippen LogP contribution in [0.25, 0.3) is 10.6 Å². The first kappa shape index (κ1) is 7.43. The van der Waals surface area contributed by atoms with E-state index in [2.05, 4.69) is 16.4 Å². The van der Waals surface area contributed by atoms with E-state index in [4.69, 9.17) is 4.74 Å². The van der Waals surface area contributed by atoms with Gasteiger partial charge in [-0.1, -0.05) is 6.07 Å². The van der Waals surface area contributed by atoms with E-state index in [1.165, 1.54) is 4.88 Å². The predicted octanol–water partition coefficient (Wildman–Crippen LogP) is 2.75. The number of hydrogen-bond acceptors (Lipinski definition) is 2. The predicted molar refractivity (Wildman–Crippen MR) is 50.7 cm³/mol. The van der Waals surface area contributed by atoms with Gasteiger partial charge >= 0.3 is 0 Å². The van der Waals surface area contributed by atoms with Crippen LogP contribution in [0.15, 0.2) is 29.8 Å². The van der Waals surface area contributed by atoms with Gasteiger partial charge in [0.2, 0.25) is 0 Å². The third-order valence-electron chi connectivity index (χ3n) is 1.68. The number of nitrogens with one attached hydrogen (secondary N) is 1. The summed E-state index contributed by atoms with van der Waals surface area (Å²) in [7, 11) is 1.67. The molecule has 3 heteroatoms. The molecule has 0 bridgehead atoms. The molecule has 0 aromatic carbocycles. The molecule has 2 nitrogen and oxygen atoms in total. The molecule has 0 fully saturated rings. The SMILES string of the molecule is COc1c[nH]c(-c2cccs2)c1. The summed E-state index contributed by atoms with van der Waals surface area (Å²) in [5, 5.41) is 2.06. The summed E-state index contributed by atoms with van der Waals surface area (Å²) in [5.41, 5.74) is 1.11. The number of methoxy groups -OCH3 is 1. The van der Waals surface area contributed by atoms with Crippen LogP contribution in [0.1, 0.15) is 0 Å². The Kier molecular flexibility index (Phi) is 1.87. The zero-order valence-corrected chi connectivity index (χ0v) is 7.52. The molecule has 0 saturated heterocycles. The first-order valence-corrected chi connectivity index (χ1v) is 4.54. The van der Waals surface area contributed by atoms with Crippen LogP contribution in [0, 0.1) is 0 Å². The first-order chi connectivity index (χ1) is 5.90. The highest BCUT2D eigenvalue weighted by atomic mass is 32.1. The lowest BCUT2D eigenvalue weighted by atomic mass is 10.3. The summed E-state index contributed by atoms with van der Waals surface area (Å²) in [4.78, 5) is 4.38. The van der Waals surface area contributed by atoms with E-state index in [0.717, 1.165) is 11.4 Å². The molecule has 2 aromatic heterocycles. The van der Waals surface area contributed by atoms with Crippen LogP contribution in [0.5, 0.6) is 5.75 Å². The zero-order valence-electron chi connectivity index (χ0n) is 6.70.